The molecule has 30 heavy (non-hydrogen) atoms. The molecule has 1 aromatic carbocycles. The normalized spacial score (nSPS) is 10.9. The Morgan fingerprint density at radius 3 is 2.70 bits per heavy atom. The van der Waals surface area contributed by atoms with Crippen LogP contribution in [0.5, 0.6) is 5.75 Å². The zero-order chi connectivity index (χ0) is 22.1. The highest BCUT2D eigenvalue weighted by atomic mass is 19.1. The molecule has 0 radical (unpaired) electrons. The molecule has 2 aromatic rings. The number of carbonyl (C=O) groups is 1. The molecule has 0 spiro atoms. The molecule has 0 saturated carbocycles. The van der Waals surface area contributed by atoms with Crippen LogP contribution in [0.15, 0.2) is 30.2 Å². The zero-order valence-electron chi connectivity index (χ0n) is 16.1. The number of methoxy groups -OCH3 is 1. The van der Waals surface area contributed by atoms with Gasteiger partial charge in [-0.1, -0.05) is 0 Å². The van der Waals surface area contributed by atoms with Crippen LogP contribution in [-0.2, 0) is 11.3 Å². The van der Waals surface area contributed by atoms with Crippen LogP contribution in [0.25, 0.3) is 0 Å². The fourth-order valence-corrected chi connectivity index (χ4v) is 2.20. The van der Waals surface area contributed by atoms with Crippen LogP contribution >= 0.6 is 0 Å². The van der Waals surface area contributed by atoms with Crippen molar-refractivity contribution >= 4 is 23.9 Å². The van der Waals surface area contributed by atoms with Crippen molar-refractivity contribution in [3.05, 3.63) is 53.2 Å². The number of rotatable bonds is 10. The standard InChI is InChI=1S/C18H20F3N7O2/c1-23-15(29)9-24-6-10(5-22)27-18-26-8-13(20)17(28-18)25-7-11-12(19)3-4-14(30-2)16(11)21/h3-6,8,22,24H,7,9H2,1-2H3,(H,23,29)(H2,25,26,27,28)/b10-6+,22-5?. The van der Waals surface area contributed by atoms with Crippen molar-refractivity contribution in [3.63, 3.8) is 0 Å². The number of hydrogen-bond acceptors (Lipinski definition) is 8. The quantitative estimate of drug-likeness (QED) is 0.369. The second-order valence-electron chi connectivity index (χ2n) is 5.71. The molecule has 0 aliphatic carbocycles. The van der Waals surface area contributed by atoms with E-state index in [0.29, 0.717) is 0 Å². The summed E-state index contributed by atoms with van der Waals surface area (Å²) in [7, 11) is 2.72. The molecule has 5 N–H and O–H groups in total. The Labute approximate surface area is 170 Å². The van der Waals surface area contributed by atoms with Gasteiger partial charge in [0.05, 0.1) is 25.5 Å². The Morgan fingerprint density at radius 1 is 1.27 bits per heavy atom. The summed E-state index contributed by atoms with van der Waals surface area (Å²) >= 11 is 0. The van der Waals surface area contributed by atoms with Crippen LogP contribution in [0.1, 0.15) is 5.56 Å². The lowest BCUT2D eigenvalue weighted by atomic mass is 10.2. The summed E-state index contributed by atoms with van der Waals surface area (Å²) in [6.07, 6.45) is 3.12. The summed E-state index contributed by atoms with van der Waals surface area (Å²) in [5.74, 6) is -3.39. The molecule has 160 valence electrons. The van der Waals surface area contributed by atoms with Crippen LogP contribution in [0, 0.1) is 22.9 Å². The highest BCUT2D eigenvalue weighted by Gasteiger charge is 2.15. The second kappa shape index (κ2) is 10.6. The maximum Gasteiger partial charge on any atom is 0.239 e. The van der Waals surface area contributed by atoms with E-state index in [2.05, 4.69) is 31.2 Å². The van der Waals surface area contributed by atoms with Crippen molar-refractivity contribution in [1.29, 1.82) is 5.41 Å². The van der Waals surface area contributed by atoms with Gasteiger partial charge in [-0.3, -0.25) is 4.79 Å². The average Bonchev–Trinajstić information content (AvgIpc) is 2.74. The maximum atomic E-state index is 14.2. The first kappa shape index (κ1) is 22.5. The Kier molecular flexibility index (Phi) is 7.97. The molecule has 0 aliphatic rings. The molecular formula is C18H20F3N7O2. The SMILES string of the molecule is CNC(=O)CN/C=C(\C=N)Nc1ncc(F)c(NCc2c(F)ccc(OC)c2F)n1. The fraction of sp³-hybridized carbons (Fsp3) is 0.222. The third-order valence-corrected chi connectivity index (χ3v) is 3.76. The van der Waals surface area contributed by atoms with E-state index in [1.54, 1.807) is 0 Å². The van der Waals surface area contributed by atoms with Gasteiger partial charge in [0.25, 0.3) is 0 Å². The molecule has 12 heteroatoms. The molecule has 0 saturated heterocycles. The first-order valence-electron chi connectivity index (χ1n) is 8.58. The van der Waals surface area contributed by atoms with Gasteiger partial charge in [0.15, 0.2) is 23.2 Å². The second-order valence-corrected chi connectivity index (χ2v) is 5.71. The number of anilines is 2. The van der Waals surface area contributed by atoms with Gasteiger partial charge in [-0.05, 0) is 12.1 Å². The molecular weight excluding hydrogens is 403 g/mol. The minimum Gasteiger partial charge on any atom is -0.494 e. The monoisotopic (exact) mass is 423 g/mol. The number of carbonyl (C=O) groups excluding carboxylic acids is 1. The van der Waals surface area contributed by atoms with Crippen LogP contribution in [0.2, 0.25) is 0 Å². The predicted octanol–water partition coefficient (Wildman–Crippen LogP) is 1.75. The van der Waals surface area contributed by atoms with E-state index >= 15 is 0 Å². The van der Waals surface area contributed by atoms with Crippen molar-refractivity contribution in [3.8, 4) is 5.75 Å². The van der Waals surface area contributed by atoms with Crippen LogP contribution < -0.4 is 26.0 Å². The number of hydrogen-bond donors (Lipinski definition) is 5. The summed E-state index contributed by atoms with van der Waals surface area (Å²) in [6.45, 7) is -0.423. The topological polar surface area (TPSA) is 124 Å². The number of likely N-dealkylation sites (N-methyl/N-ethyl adjacent to an activating group) is 1. The molecule has 0 fully saturated rings. The summed E-state index contributed by atoms with van der Waals surface area (Å²) in [5.41, 5.74) is -0.165. The van der Waals surface area contributed by atoms with Crippen LogP contribution in [0.4, 0.5) is 24.9 Å². The van der Waals surface area contributed by atoms with Gasteiger partial charge in [-0.25, -0.2) is 18.2 Å². The van der Waals surface area contributed by atoms with E-state index in [9.17, 15) is 18.0 Å². The van der Waals surface area contributed by atoms with Gasteiger partial charge in [0, 0.05) is 31.6 Å². The Morgan fingerprint density at radius 2 is 2.03 bits per heavy atom. The lowest BCUT2D eigenvalue weighted by Gasteiger charge is -2.12. The molecule has 1 aromatic heterocycles. The van der Waals surface area contributed by atoms with Crippen LogP contribution in [-0.4, -0.2) is 42.8 Å². The molecule has 9 nitrogen and oxygen atoms in total. The molecule has 0 bridgehead atoms. The summed E-state index contributed by atoms with van der Waals surface area (Å²) in [4.78, 5) is 18.8. The van der Waals surface area contributed by atoms with Crippen molar-refractivity contribution in [2.75, 3.05) is 31.3 Å². The van der Waals surface area contributed by atoms with Crippen molar-refractivity contribution in [2.45, 2.75) is 6.54 Å². The van der Waals surface area contributed by atoms with Gasteiger partial charge in [-0.15, -0.1) is 0 Å². The highest BCUT2D eigenvalue weighted by Crippen LogP contribution is 2.24. The minimum atomic E-state index is -0.908. The smallest absolute Gasteiger partial charge is 0.239 e. The summed E-state index contributed by atoms with van der Waals surface area (Å²) in [6, 6.07) is 2.18. The van der Waals surface area contributed by atoms with Gasteiger partial charge in [0.1, 0.15) is 5.82 Å². The molecule has 0 unspecified atom stereocenters. The molecule has 1 heterocycles. The number of allylic oxidation sites excluding steroid dienone is 1. The number of nitrogens with zero attached hydrogens (tertiary/aromatic N) is 2. The third-order valence-electron chi connectivity index (χ3n) is 3.76. The van der Waals surface area contributed by atoms with Crippen LogP contribution in [0.3, 0.4) is 0 Å². The summed E-state index contributed by atoms with van der Waals surface area (Å²) < 4.78 is 47.0. The van der Waals surface area contributed by atoms with E-state index < -0.39 is 24.0 Å². The molecule has 0 atom stereocenters. The Bertz CT molecular complexity index is 954. The van der Waals surface area contributed by atoms with E-state index in [1.165, 1.54) is 20.4 Å². The van der Waals surface area contributed by atoms with E-state index in [0.717, 1.165) is 24.5 Å². The summed E-state index contributed by atoms with van der Waals surface area (Å²) in [5, 5.41) is 17.6. The zero-order valence-corrected chi connectivity index (χ0v) is 16.1. The minimum absolute atomic E-state index is 0.0235. The molecule has 2 rings (SSSR count). The number of halogens is 3. The number of nitrogens with one attached hydrogen (secondary N) is 5. The van der Waals surface area contributed by atoms with E-state index in [4.69, 9.17) is 10.1 Å². The fourth-order valence-electron chi connectivity index (χ4n) is 2.20. The van der Waals surface area contributed by atoms with Gasteiger partial charge in [0.2, 0.25) is 11.9 Å². The molecule has 1 amide bonds. The number of aromatic nitrogens is 2. The van der Waals surface area contributed by atoms with E-state index in [-0.39, 0.29) is 41.2 Å². The van der Waals surface area contributed by atoms with Gasteiger partial charge >= 0.3 is 0 Å². The van der Waals surface area contributed by atoms with Gasteiger partial charge < -0.3 is 31.4 Å². The van der Waals surface area contributed by atoms with Crippen molar-refractivity contribution in [2.24, 2.45) is 0 Å². The van der Waals surface area contributed by atoms with Gasteiger partial charge in [-0.2, -0.15) is 4.98 Å². The Hall–Kier alpha value is -3.83. The maximum absolute atomic E-state index is 14.2. The first-order chi connectivity index (χ1) is 14.4. The number of amides is 1. The first-order valence-corrected chi connectivity index (χ1v) is 8.58. The van der Waals surface area contributed by atoms with Crippen molar-refractivity contribution < 1.29 is 22.7 Å². The number of ether oxygens (including phenoxy) is 1. The predicted molar refractivity (Wildman–Crippen MR) is 105 cm³/mol. The lowest BCUT2D eigenvalue weighted by molar-refractivity contribution is -0.119. The largest absolute Gasteiger partial charge is 0.494 e. The Balaban J connectivity index is 2.13. The van der Waals surface area contributed by atoms with E-state index in [1.807, 2.05) is 0 Å². The highest BCUT2D eigenvalue weighted by molar-refractivity contribution is 5.80. The third kappa shape index (κ3) is 5.83. The lowest BCUT2D eigenvalue weighted by Crippen LogP contribution is -2.29. The van der Waals surface area contributed by atoms with Crippen molar-refractivity contribution in [1.82, 2.24) is 20.6 Å². The average molecular weight is 423 g/mol. The molecule has 0 aliphatic heterocycles. The number of benzene rings is 1.